The molecule has 0 fully saturated rings. The van der Waals surface area contributed by atoms with Gasteiger partial charge >= 0.3 is 5.63 Å². The first-order valence-electron chi connectivity index (χ1n) is 8.83. The summed E-state index contributed by atoms with van der Waals surface area (Å²) in [5, 5.41) is 2.30. The number of hydrogen-bond acceptors (Lipinski definition) is 4. The second kappa shape index (κ2) is 6.89. The Kier molecular flexibility index (Phi) is 4.23. The van der Waals surface area contributed by atoms with E-state index in [-0.39, 0.29) is 5.63 Å². The van der Waals surface area contributed by atoms with Crippen LogP contribution in [0.4, 0.5) is 0 Å². The minimum Gasteiger partial charge on any atom is -0.422 e. The molecule has 0 aliphatic rings. The van der Waals surface area contributed by atoms with Gasteiger partial charge in [0.1, 0.15) is 10.6 Å². The Balaban J connectivity index is 1.60. The molecule has 0 aliphatic heterocycles. The molecule has 5 aromatic rings. The fraction of sp³-hybridized carbons (Fsp3) is 0.0435. The minimum atomic E-state index is -0.370. The van der Waals surface area contributed by atoms with Crippen molar-refractivity contribution in [2.24, 2.45) is 0 Å². The van der Waals surface area contributed by atoms with Crippen molar-refractivity contribution in [3.8, 4) is 10.6 Å². The normalized spacial score (nSPS) is 11.3. The van der Waals surface area contributed by atoms with Crippen molar-refractivity contribution in [3.63, 3.8) is 0 Å². The molecule has 0 radical (unpaired) electrons. The molecule has 3 nitrogen and oxygen atoms in total. The smallest absolute Gasteiger partial charge is 0.346 e. The lowest BCUT2D eigenvalue weighted by Gasteiger charge is -2.06. The van der Waals surface area contributed by atoms with Crippen LogP contribution in [0, 0.1) is 0 Å². The summed E-state index contributed by atoms with van der Waals surface area (Å²) in [6.45, 7) is 0. The van der Waals surface area contributed by atoms with Gasteiger partial charge in [-0.25, -0.2) is 9.78 Å². The van der Waals surface area contributed by atoms with E-state index in [1.54, 1.807) is 0 Å². The zero-order chi connectivity index (χ0) is 19.1. The van der Waals surface area contributed by atoms with Gasteiger partial charge in [0.25, 0.3) is 0 Å². The van der Waals surface area contributed by atoms with Crippen LogP contribution in [0.5, 0.6) is 0 Å². The maximum Gasteiger partial charge on any atom is 0.346 e. The standard InChI is InChI=1S/C23H14ClNO2S/c24-18-6-2-1-5-15(18)11-14-9-10-20-16(12-14)13-17(23(26)27-20)22-25-19-7-3-4-8-21(19)28-22/h1-10,12-13H,11H2. The van der Waals surface area contributed by atoms with Crippen LogP contribution in [0.2, 0.25) is 5.02 Å². The van der Waals surface area contributed by atoms with Gasteiger partial charge in [0.05, 0.1) is 15.8 Å². The van der Waals surface area contributed by atoms with Gasteiger partial charge < -0.3 is 4.42 Å². The van der Waals surface area contributed by atoms with E-state index in [9.17, 15) is 4.79 Å². The Bertz CT molecular complexity index is 1350. The zero-order valence-corrected chi connectivity index (χ0v) is 16.3. The molecule has 136 valence electrons. The van der Waals surface area contributed by atoms with Gasteiger partial charge in [0.15, 0.2) is 0 Å². The summed E-state index contributed by atoms with van der Waals surface area (Å²) in [6, 6.07) is 23.4. The number of thiazole rings is 1. The lowest BCUT2D eigenvalue weighted by molar-refractivity contribution is 0.563. The summed E-state index contributed by atoms with van der Waals surface area (Å²) in [5.41, 5.74) is 3.73. The second-order valence-corrected chi connectivity index (χ2v) is 8.01. The molecule has 0 saturated carbocycles. The highest BCUT2D eigenvalue weighted by Crippen LogP contribution is 2.30. The van der Waals surface area contributed by atoms with Crippen LogP contribution in [-0.2, 0) is 6.42 Å². The molecule has 28 heavy (non-hydrogen) atoms. The van der Waals surface area contributed by atoms with E-state index in [4.69, 9.17) is 16.0 Å². The maximum atomic E-state index is 12.5. The van der Waals surface area contributed by atoms with Gasteiger partial charge in [-0.3, -0.25) is 0 Å². The number of hydrogen-bond donors (Lipinski definition) is 0. The van der Waals surface area contributed by atoms with Crippen molar-refractivity contribution in [2.75, 3.05) is 0 Å². The van der Waals surface area contributed by atoms with Crippen LogP contribution >= 0.6 is 22.9 Å². The molecule has 0 N–H and O–H groups in total. The number of para-hydroxylation sites is 1. The Morgan fingerprint density at radius 1 is 0.964 bits per heavy atom. The minimum absolute atomic E-state index is 0.370. The monoisotopic (exact) mass is 403 g/mol. The molecular weight excluding hydrogens is 390 g/mol. The third-order valence-electron chi connectivity index (χ3n) is 4.67. The molecule has 0 saturated heterocycles. The van der Waals surface area contributed by atoms with E-state index < -0.39 is 0 Å². The summed E-state index contributed by atoms with van der Waals surface area (Å²) >= 11 is 7.78. The molecule has 2 heterocycles. The number of rotatable bonds is 3. The van der Waals surface area contributed by atoms with Gasteiger partial charge in [-0.1, -0.05) is 48.0 Å². The predicted molar refractivity (Wildman–Crippen MR) is 115 cm³/mol. The summed E-state index contributed by atoms with van der Waals surface area (Å²) in [7, 11) is 0. The molecule has 2 aromatic heterocycles. The Morgan fingerprint density at radius 3 is 2.64 bits per heavy atom. The predicted octanol–water partition coefficient (Wildman–Crippen LogP) is 6.31. The molecule has 5 heteroatoms. The largest absolute Gasteiger partial charge is 0.422 e. The lowest BCUT2D eigenvalue weighted by atomic mass is 10.0. The highest BCUT2D eigenvalue weighted by atomic mass is 35.5. The van der Waals surface area contributed by atoms with E-state index in [2.05, 4.69) is 4.98 Å². The molecule has 0 amide bonds. The molecular formula is C23H14ClNO2S. The third-order valence-corrected chi connectivity index (χ3v) is 6.11. The van der Waals surface area contributed by atoms with Gasteiger partial charge in [-0.2, -0.15) is 0 Å². The number of halogens is 1. The van der Waals surface area contributed by atoms with Gasteiger partial charge in [-0.15, -0.1) is 11.3 Å². The van der Waals surface area contributed by atoms with E-state index in [0.29, 0.717) is 22.6 Å². The van der Waals surface area contributed by atoms with Crippen molar-refractivity contribution in [1.29, 1.82) is 0 Å². The van der Waals surface area contributed by atoms with Gasteiger partial charge in [-0.05, 0) is 53.9 Å². The van der Waals surface area contributed by atoms with E-state index in [0.717, 1.165) is 31.8 Å². The quantitative estimate of drug-likeness (QED) is 0.331. The lowest BCUT2D eigenvalue weighted by Crippen LogP contribution is -2.02. The highest BCUT2D eigenvalue weighted by molar-refractivity contribution is 7.21. The van der Waals surface area contributed by atoms with Crippen LogP contribution < -0.4 is 5.63 Å². The topological polar surface area (TPSA) is 43.1 Å². The average molecular weight is 404 g/mol. The highest BCUT2D eigenvalue weighted by Gasteiger charge is 2.13. The fourth-order valence-electron chi connectivity index (χ4n) is 3.28. The van der Waals surface area contributed by atoms with Crippen molar-refractivity contribution >= 4 is 44.1 Å². The van der Waals surface area contributed by atoms with E-state index >= 15 is 0 Å². The second-order valence-electron chi connectivity index (χ2n) is 6.57. The van der Waals surface area contributed by atoms with E-state index in [1.807, 2.05) is 72.8 Å². The summed E-state index contributed by atoms with van der Waals surface area (Å²) in [6.07, 6.45) is 0.714. The Hall–Kier alpha value is -2.95. The third kappa shape index (κ3) is 3.11. The van der Waals surface area contributed by atoms with Crippen LogP contribution in [0.3, 0.4) is 0 Å². The maximum absolute atomic E-state index is 12.5. The molecule has 3 aromatic carbocycles. The zero-order valence-electron chi connectivity index (χ0n) is 14.7. The molecule has 0 spiro atoms. The average Bonchev–Trinajstić information content (AvgIpc) is 3.13. The van der Waals surface area contributed by atoms with Crippen molar-refractivity contribution in [1.82, 2.24) is 4.98 Å². The molecule has 0 unspecified atom stereocenters. The van der Waals surface area contributed by atoms with Crippen LogP contribution in [-0.4, -0.2) is 4.98 Å². The van der Waals surface area contributed by atoms with Crippen LogP contribution in [0.1, 0.15) is 11.1 Å². The molecule has 5 rings (SSSR count). The van der Waals surface area contributed by atoms with Gasteiger partial charge in [0, 0.05) is 10.4 Å². The molecule has 0 aliphatic carbocycles. The number of nitrogens with zero attached hydrogens (tertiary/aromatic N) is 1. The summed E-state index contributed by atoms with van der Waals surface area (Å²) in [4.78, 5) is 17.1. The number of aromatic nitrogens is 1. The fourth-order valence-corrected chi connectivity index (χ4v) is 4.45. The first-order chi connectivity index (χ1) is 13.7. The number of benzene rings is 3. The summed E-state index contributed by atoms with van der Waals surface area (Å²) in [5.74, 6) is 0. The molecule has 0 bridgehead atoms. The SMILES string of the molecule is O=c1oc2ccc(Cc3ccccc3Cl)cc2cc1-c1nc2ccccc2s1. The molecule has 0 atom stereocenters. The van der Waals surface area contributed by atoms with Gasteiger partial charge in [0.2, 0.25) is 0 Å². The summed E-state index contributed by atoms with van der Waals surface area (Å²) < 4.78 is 6.60. The Labute approximate surface area is 169 Å². The van der Waals surface area contributed by atoms with E-state index in [1.165, 1.54) is 11.3 Å². The van der Waals surface area contributed by atoms with Crippen molar-refractivity contribution < 1.29 is 4.42 Å². The van der Waals surface area contributed by atoms with Crippen molar-refractivity contribution in [2.45, 2.75) is 6.42 Å². The van der Waals surface area contributed by atoms with Crippen LogP contribution in [0.25, 0.3) is 31.8 Å². The van der Waals surface area contributed by atoms with Crippen molar-refractivity contribution in [3.05, 3.63) is 99.4 Å². The first-order valence-corrected chi connectivity index (χ1v) is 10.0. The Morgan fingerprint density at radius 2 is 1.79 bits per heavy atom. The van der Waals surface area contributed by atoms with Crippen LogP contribution in [0.15, 0.2) is 82.0 Å². The first kappa shape index (κ1) is 17.2. The number of fused-ring (bicyclic) bond motifs is 2.